The monoisotopic (exact) mass is 372 g/mol. The Labute approximate surface area is 137 Å². The predicted octanol–water partition coefficient (Wildman–Crippen LogP) is 1.99. The van der Waals surface area contributed by atoms with Gasteiger partial charge in [-0.05, 0) is 54.1 Å². The first-order valence-electron chi connectivity index (χ1n) is 7.59. The first-order chi connectivity index (χ1) is 10.2. The number of nitrogens with one attached hydrogen (secondary N) is 2. The third-order valence-electron chi connectivity index (χ3n) is 4.20. The molecule has 0 radical (unpaired) electrons. The Hall–Kier alpha value is -0.660. The highest BCUT2D eigenvalue weighted by Gasteiger charge is 2.25. The fraction of sp³-hybridized carbons (Fsp3) is 0.714. The summed E-state index contributed by atoms with van der Waals surface area (Å²) in [5, 5.41) is 9.46. The number of nitrogens with zero attached hydrogens (tertiary/aromatic N) is 2. The molecule has 7 heteroatoms. The van der Waals surface area contributed by atoms with Crippen LogP contribution in [0.2, 0.25) is 0 Å². The largest absolute Gasteiger partial charge is 0.354 e. The molecular weight excluding hydrogens is 352 g/mol. The SMILES string of the molecule is O=C(NCC1CCCN(c2nc(Br)cs2)C1)C1CCCN1. The van der Waals surface area contributed by atoms with Gasteiger partial charge in [-0.3, -0.25) is 4.79 Å². The van der Waals surface area contributed by atoms with E-state index in [1.165, 1.54) is 12.8 Å². The molecule has 0 aliphatic carbocycles. The maximum atomic E-state index is 12.0. The van der Waals surface area contributed by atoms with Gasteiger partial charge in [-0.25, -0.2) is 4.98 Å². The van der Waals surface area contributed by atoms with Crippen molar-refractivity contribution >= 4 is 38.3 Å². The van der Waals surface area contributed by atoms with Crippen LogP contribution >= 0.6 is 27.3 Å². The van der Waals surface area contributed by atoms with Crippen LogP contribution in [0, 0.1) is 5.92 Å². The normalized spacial score (nSPS) is 26.0. The molecule has 2 atom stereocenters. The topological polar surface area (TPSA) is 57.3 Å². The van der Waals surface area contributed by atoms with Gasteiger partial charge in [-0.2, -0.15) is 0 Å². The number of rotatable bonds is 4. The molecule has 0 spiro atoms. The van der Waals surface area contributed by atoms with Crippen molar-refractivity contribution in [1.29, 1.82) is 0 Å². The van der Waals surface area contributed by atoms with E-state index in [-0.39, 0.29) is 11.9 Å². The van der Waals surface area contributed by atoms with Gasteiger partial charge in [-0.1, -0.05) is 0 Å². The van der Waals surface area contributed by atoms with Crippen LogP contribution in [0.4, 0.5) is 5.13 Å². The van der Waals surface area contributed by atoms with Gasteiger partial charge in [0, 0.05) is 25.0 Å². The molecule has 3 heterocycles. The van der Waals surface area contributed by atoms with E-state index in [1.807, 2.05) is 5.38 Å². The van der Waals surface area contributed by atoms with Crippen molar-refractivity contribution in [2.45, 2.75) is 31.7 Å². The fourth-order valence-electron chi connectivity index (χ4n) is 3.07. The van der Waals surface area contributed by atoms with E-state index in [0.29, 0.717) is 5.92 Å². The Morgan fingerprint density at radius 2 is 2.43 bits per heavy atom. The van der Waals surface area contributed by atoms with Crippen molar-refractivity contribution in [2.24, 2.45) is 5.92 Å². The number of thiazole rings is 1. The lowest BCUT2D eigenvalue weighted by atomic mass is 9.98. The van der Waals surface area contributed by atoms with Crippen LogP contribution in [0.25, 0.3) is 0 Å². The van der Waals surface area contributed by atoms with Gasteiger partial charge in [0.15, 0.2) is 5.13 Å². The van der Waals surface area contributed by atoms with Gasteiger partial charge in [0.25, 0.3) is 0 Å². The van der Waals surface area contributed by atoms with Crippen molar-refractivity contribution < 1.29 is 4.79 Å². The van der Waals surface area contributed by atoms with Gasteiger partial charge in [0.05, 0.1) is 6.04 Å². The standard InChI is InChI=1S/C14H21BrN4OS/c15-12-9-21-14(18-12)19-6-2-3-10(8-19)7-17-13(20)11-4-1-5-16-11/h9-11,16H,1-8H2,(H,17,20). The second kappa shape index (κ2) is 7.07. The van der Waals surface area contributed by atoms with Crippen molar-refractivity contribution in [3.8, 4) is 0 Å². The van der Waals surface area contributed by atoms with E-state index in [1.54, 1.807) is 11.3 Å². The molecule has 1 amide bonds. The first kappa shape index (κ1) is 15.2. The molecule has 2 aliphatic rings. The molecule has 2 N–H and O–H groups in total. The molecular formula is C14H21BrN4OS. The van der Waals surface area contributed by atoms with Crippen molar-refractivity contribution in [3.63, 3.8) is 0 Å². The number of carbonyl (C=O) groups excluding carboxylic acids is 1. The van der Waals surface area contributed by atoms with Crippen LogP contribution in [-0.4, -0.2) is 43.1 Å². The van der Waals surface area contributed by atoms with E-state index in [2.05, 4.69) is 36.4 Å². The maximum Gasteiger partial charge on any atom is 0.237 e. The van der Waals surface area contributed by atoms with Crippen LogP contribution in [0.3, 0.4) is 0 Å². The second-order valence-electron chi connectivity index (χ2n) is 5.80. The summed E-state index contributed by atoms with van der Waals surface area (Å²) in [6, 6.07) is 0.0274. The summed E-state index contributed by atoms with van der Waals surface area (Å²) >= 11 is 5.08. The lowest BCUT2D eigenvalue weighted by molar-refractivity contribution is -0.122. The minimum atomic E-state index is 0.0274. The van der Waals surface area contributed by atoms with E-state index < -0.39 is 0 Å². The molecule has 1 aromatic rings. The second-order valence-corrected chi connectivity index (χ2v) is 7.45. The summed E-state index contributed by atoms with van der Waals surface area (Å²) in [6.07, 6.45) is 4.42. The molecule has 2 unspecified atom stereocenters. The van der Waals surface area contributed by atoms with Crippen LogP contribution in [-0.2, 0) is 4.79 Å². The highest BCUT2D eigenvalue weighted by molar-refractivity contribution is 9.10. The van der Waals surface area contributed by atoms with E-state index in [0.717, 1.165) is 48.8 Å². The number of amides is 1. The van der Waals surface area contributed by atoms with E-state index >= 15 is 0 Å². The van der Waals surface area contributed by atoms with Gasteiger partial charge in [0.1, 0.15) is 4.60 Å². The average molecular weight is 373 g/mol. The van der Waals surface area contributed by atoms with E-state index in [9.17, 15) is 4.79 Å². The van der Waals surface area contributed by atoms with Crippen molar-refractivity contribution in [1.82, 2.24) is 15.6 Å². The third kappa shape index (κ3) is 3.96. The van der Waals surface area contributed by atoms with E-state index in [4.69, 9.17) is 0 Å². The fourth-order valence-corrected chi connectivity index (χ4v) is 4.36. The number of piperidine rings is 1. The van der Waals surface area contributed by atoms with Crippen LogP contribution in [0.5, 0.6) is 0 Å². The Kier molecular flexibility index (Phi) is 5.13. The lowest BCUT2D eigenvalue weighted by Crippen LogP contribution is -2.45. The van der Waals surface area contributed by atoms with Gasteiger partial charge in [-0.15, -0.1) is 11.3 Å². The third-order valence-corrected chi connectivity index (χ3v) is 5.81. The van der Waals surface area contributed by atoms with Crippen molar-refractivity contribution in [3.05, 3.63) is 9.98 Å². The molecule has 3 rings (SSSR count). The number of anilines is 1. The lowest BCUT2D eigenvalue weighted by Gasteiger charge is -2.32. The molecule has 0 aromatic carbocycles. The van der Waals surface area contributed by atoms with Crippen LogP contribution in [0.1, 0.15) is 25.7 Å². The number of hydrogen-bond donors (Lipinski definition) is 2. The molecule has 0 saturated carbocycles. The molecule has 5 nitrogen and oxygen atoms in total. The minimum absolute atomic E-state index is 0.0274. The minimum Gasteiger partial charge on any atom is -0.354 e. The number of hydrogen-bond acceptors (Lipinski definition) is 5. The summed E-state index contributed by atoms with van der Waals surface area (Å²) in [5.41, 5.74) is 0. The average Bonchev–Trinajstić information content (AvgIpc) is 3.16. The maximum absolute atomic E-state index is 12.0. The number of halogens is 1. The molecule has 2 fully saturated rings. The van der Waals surface area contributed by atoms with Gasteiger partial charge >= 0.3 is 0 Å². The van der Waals surface area contributed by atoms with Gasteiger partial charge < -0.3 is 15.5 Å². The Morgan fingerprint density at radius 1 is 1.52 bits per heavy atom. The molecule has 0 bridgehead atoms. The van der Waals surface area contributed by atoms with Crippen LogP contribution < -0.4 is 15.5 Å². The van der Waals surface area contributed by atoms with Crippen molar-refractivity contribution in [2.75, 3.05) is 31.1 Å². The zero-order valence-electron chi connectivity index (χ0n) is 12.0. The predicted molar refractivity (Wildman–Crippen MR) is 88.8 cm³/mol. The Balaban J connectivity index is 1.48. The molecule has 1 aromatic heterocycles. The summed E-state index contributed by atoms with van der Waals surface area (Å²) < 4.78 is 0.908. The quantitative estimate of drug-likeness (QED) is 0.848. The zero-order chi connectivity index (χ0) is 14.7. The van der Waals surface area contributed by atoms with Gasteiger partial charge in [0.2, 0.25) is 5.91 Å². The van der Waals surface area contributed by atoms with Crippen LogP contribution in [0.15, 0.2) is 9.98 Å². The Bertz CT molecular complexity index is 489. The summed E-state index contributed by atoms with van der Waals surface area (Å²) in [6.45, 7) is 3.79. The summed E-state index contributed by atoms with van der Waals surface area (Å²) in [4.78, 5) is 18.9. The summed E-state index contributed by atoms with van der Waals surface area (Å²) in [5.74, 6) is 0.688. The smallest absolute Gasteiger partial charge is 0.237 e. The molecule has 21 heavy (non-hydrogen) atoms. The first-order valence-corrected chi connectivity index (χ1v) is 9.26. The number of carbonyl (C=O) groups is 1. The molecule has 2 saturated heterocycles. The Morgan fingerprint density at radius 3 is 3.14 bits per heavy atom. The molecule has 2 aliphatic heterocycles. The zero-order valence-corrected chi connectivity index (χ0v) is 14.4. The summed E-state index contributed by atoms with van der Waals surface area (Å²) in [7, 11) is 0. The molecule has 116 valence electrons. The highest BCUT2D eigenvalue weighted by Crippen LogP contribution is 2.27. The highest BCUT2D eigenvalue weighted by atomic mass is 79.9. The number of aromatic nitrogens is 1.